The summed E-state index contributed by atoms with van der Waals surface area (Å²) in [5, 5.41) is 0. The fourth-order valence-corrected chi connectivity index (χ4v) is 7.24. The lowest BCUT2D eigenvalue weighted by molar-refractivity contribution is -0.332. The SMILES string of the molecule is COC(=O)[C@@]1(OC[C@H]2O[C@@H]3OC(C)(C)O[C@@H]3[C@H]3OC(C)(C)O[C@H]32)C[C@H](OC(C)=O)[C@@H](N(C(C)=O)C(=O)OC(C)(C)C)[C@H]([C@H](OC(C)=O)[C@@H](COC(C)=O)OC(C)=O)O1. The third kappa shape index (κ3) is 11.2. The van der Waals surface area contributed by atoms with Crippen LogP contribution in [0.1, 0.15) is 89.5 Å². The molecule has 11 atom stereocenters. The lowest BCUT2D eigenvalue weighted by atomic mass is 9.87. The van der Waals surface area contributed by atoms with Gasteiger partial charge in [-0.15, -0.1) is 0 Å². The van der Waals surface area contributed by atoms with Crippen LogP contribution in [-0.4, -0.2) is 151 Å². The summed E-state index contributed by atoms with van der Waals surface area (Å²) in [6.45, 7) is 15.1. The van der Waals surface area contributed by atoms with Crippen LogP contribution in [0.5, 0.6) is 0 Å². The first kappa shape index (κ1) is 46.7. The molecule has 21 heteroatoms. The van der Waals surface area contributed by atoms with Crippen LogP contribution in [0.3, 0.4) is 0 Å². The van der Waals surface area contributed by atoms with Crippen LogP contribution in [0.25, 0.3) is 0 Å². The second kappa shape index (κ2) is 17.7. The average Bonchev–Trinajstić information content (AvgIpc) is 3.56. The van der Waals surface area contributed by atoms with E-state index < -0.39 is 146 Å². The van der Waals surface area contributed by atoms with Crippen molar-refractivity contribution in [3.63, 3.8) is 0 Å². The normalized spacial score (nSPS) is 31.9. The molecule has 4 aliphatic heterocycles. The van der Waals surface area contributed by atoms with Gasteiger partial charge in [0.2, 0.25) is 5.91 Å². The van der Waals surface area contributed by atoms with Gasteiger partial charge in [0.25, 0.3) is 5.79 Å². The number of hydrogen-bond acceptors (Lipinski definition) is 20. The van der Waals surface area contributed by atoms with E-state index >= 15 is 0 Å². The first-order chi connectivity index (χ1) is 26.7. The van der Waals surface area contributed by atoms with Gasteiger partial charge in [0.1, 0.15) is 54.9 Å². The topological polar surface area (TPSA) is 243 Å². The molecule has 58 heavy (non-hydrogen) atoms. The number of methoxy groups -OCH3 is 1. The predicted octanol–water partition coefficient (Wildman–Crippen LogP) is 1.57. The van der Waals surface area contributed by atoms with Gasteiger partial charge in [-0.2, -0.15) is 0 Å². The monoisotopic (exact) mass is 833 g/mol. The molecular formula is C37H55NO20. The van der Waals surface area contributed by atoms with E-state index in [4.69, 9.17) is 61.6 Å². The quantitative estimate of drug-likeness (QED) is 0.200. The molecule has 0 bridgehead atoms. The Kier molecular flexibility index (Phi) is 14.2. The van der Waals surface area contributed by atoms with Crippen LogP contribution in [0.15, 0.2) is 0 Å². The molecule has 0 aromatic carbocycles. The zero-order valence-electron chi connectivity index (χ0n) is 35.0. The summed E-state index contributed by atoms with van der Waals surface area (Å²) < 4.78 is 76.2. The van der Waals surface area contributed by atoms with E-state index in [0.29, 0.717) is 4.90 Å². The van der Waals surface area contributed by atoms with Crippen molar-refractivity contribution in [3.05, 3.63) is 0 Å². The molecule has 4 saturated heterocycles. The van der Waals surface area contributed by atoms with Gasteiger partial charge in [0.05, 0.1) is 20.1 Å². The zero-order chi connectivity index (χ0) is 43.7. The Bertz CT molecular complexity index is 1590. The van der Waals surface area contributed by atoms with Crippen molar-refractivity contribution in [2.75, 3.05) is 20.3 Å². The van der Waals surface area contributed by atoms with Crippen LogP contribution in [-0.2, 0) is 90.3 Å². The largest absolute Gasteiger partial charge is 0.465 e. The van der Waals surface area contributed by atoms with Gasteiger partial charge in [-0.3, -0.25) is 24.0 Å². The molecule has 0 aliphatic carbocycles. The average molecular weight is 834 g/mol. The molecule has 4 fully saturated rings. The Morgan fingerprint density at radius 1 is 0.759 bits per heavy atom. The minimum absolute atomic E-state index is 0.533. The molecule has 2 amide bonds. The van der Waals surface area contributed by atoms with E-state index in [1.807, 2.05) is 0 Å². The van der Waals surface area contributed by atoms with Crippen LogP contribution < -0.4 is 0 Å². The number of hydrogen-bond donors (Lipinski definition) is 0. The van der Waals surface area contributed by atoms with Crippen LogP contribution in [0.4, 0.5) is 4.79 Å². The maximum Gasteiger partial charge on any atom is 0.417 e. The number of imide groups is 1. The molecule has 328 valence electrons. The summed E-state index contributed by atoms with van der Waals surface area (Å²) in [4.78, 5) is 92.2. The predicted molar refractivity (Wildman–Crippen MR) is 189 cm³/mol. The third-order valence-corrected chi connectivity index (χ3v) is 9.05. The molecule has 4 rings (SSSR count). The smallest absolute Gasteiger partial charge is 0.417 e. The highest BCUT2D eigenvalue weighted by atomic mass is 16.9. The number of esters is 5. The number of fused-ring (bicyclic) bond motifs is 3. The Morgan fingerprint density at radius 3 is 1.88 bits per heavy atom. The molecule has 0 aromatic heterocycles. The number of ether oxygens (including phenoxy) is 13. The molecule has 0 radical (unpaired) electrons. The fraction of sp³-hybridized carbons (Fsp3) is 0.811. The minimum Gasteiger partial charge on any atom is -0.465 e. The van der Waals surface area contributed by atoms with E-state index in [2.05, 4.69) is 0 Å². The number of carbonyl (C=O) groups is 7. The molecule has 0 unspecified atom stereocenters. The molecule has 0 saturated carbocycles. The highest BCUT2D eigenvalue weighted by Gasteiger charge is 2.64. The summed E-state index contributed by atoms with van der Waals surface area (Å²) in [6.07, 6.45) is -13.8. The summed E-state index contributed by atoms with van der Waals surface area (Å²) >= 11 is 0. The molecule has 21 nitrogen and oxygen atoms in total. The van der Waals surface area contributed by atoms with Gasteiger partial charge in [0, 0.05) is 34.6 Å². The minimum atomic E-state index is -2.63. The van der Waals surface area contributed by atoms with E-state index in [0.717, 1.165) is 41.7 Å². The van der Waals surface area contributed by atoms with Crippen molar-refractivity contribution >= 4 is 41.8 Å². The molecular weight excluding hydrogens is 778 g/mol. The standard InChI is InChI=1S/C37H55NO20/c1-17(39)38(33(45)58-34(6,7)8)25-22(49-19(3)41)14-37(32(44)46-13,56-28(25)26(51-21(5)43)23(50-20(4)42)15-47-18(2)40)48-16-24-27-29(54-35(9,10)53-27)30-31(52-24)57-36(11,12)55-30/h22-31H,14-16H2,1-13H3/t22-,23+,24+,25+,26+,27-,28+,29-,30+,31+,37+/m0/s1. The number of nitrogens with zero attached hydrogens (tertiary/aromatic N) is 1. The van der Waals surface area contributed by atoms with E-state index in [1.165, 1.54) is 20.8 Å². The molecule has 0 aromatic rings. The van der Waals surface area contributed by atoms with E-state index in [9.17, 15) is 33.6 Å². The summed E-state index contributed by atoms with van der Waals surface area (Å²) in [6, 6.07) is -1.81. The van der Waals surface area contributed by atoms with Crippen molar-refractivity contribution in [1.82, 2.24) is 4.90 Å². The summed E-state index contributed by atoms with van der Waals surface area (Å²) in [5.74, 6) is -10.8. The third-order valence-electron chi connectivity index (χ3n) is 9.05. The fourth-order valence-electron chi connectivity index (χ4n) is 7.24. The van der Waals surface area contributed by atoms with Crippen molar-refractivity contribution in [3.8, 4) is 0 Å². The van der Waals surface area contributed by atoms with E-state index in [-0.39, 0.29) is 0 Å². The number of amides is 2. The van der Waals surface area contributed by atoms with Crippen molar-refractivity contribution in [1.29, 1.82) is 0 Å². The van der Waals surface area contributed by atoms with Crippen LogP contribution in [0.2, 0.25) is 0 Å². The van der Waals surface area contributed by atoms with Gasteiger partial charge in [0.15, 0.2) is 30.1 Å². The van der Waals surface area contributed by atoms with Crippen LogP contribution in [0, 0.1) is 0 Å². The first-order valence-corrected chi connectivity index (χ1v) is 18.6. The Labute approximate surface area is 335 Å². The van der Waals surface area contributed by atoms with Gasteiger partial charge in [-0.25, -0.2) is 14.5 Å². The Balaban J connectivity index is 1.90. The second-order valence-corrected chi connectivity index (χ2v) is 16.1. The second-order valence-electron chi connectivity index (χ2n) is 16.1. The summed E-state index contributed by atoms with van der Waals surface area (Å²) in [7, 11) is 1.01. The highest BCUT2D eigenvalue weighted by molar-refractivity contribution is 5.91. The Hall–Kier alpha value is -3.99. The van der Waals surface area contributed by atoms with E-state index in [1.54, 1.807) is 27.7 Å². The zero-order valence-corrected chi connectivity index (χ0v) is 35.0. The van der Waals surface area contributed by atoms with Crippen molar-refractivity contribution in [2.24, 2.45) is 0 Å². The first-order valence-electron chi connectivity index (χ1n) is 18.6. The van der Waals surface area contributed by atoms with Crippen LogP contribution >= 0.6 is 0 Å². The molecule has 4 heterocycles. The number of carbonyl (C=O) groups excluding carboxylic acids is 7. The van der Waals surface area contributed by atoms with Crippen molar-refractivity contribution in [2.45, 2.75) is 174 Å². The molecule has 0 N–H and O–H groups in total. The highest BCUT2D eigenvalue weighted by Crippen LogP contribution is 2.45. The lowest BCUT2D eigenvalue weighted by Crippen LogP contribution is -2.71. The van der Waals surface area contributed by atoms with Gasteiger partial charge in [-0.1, -0.05) is 0 Å². The van der Waals surface area contributed by atoms with Crippen molar-refractivity contribution < 1.29 is 95.1 Å². The van der Waals surface area contributed by atoms with Gasteiger partial charge < -0.3 is 61.6 Å². The summed E-state index contributed by atoms with van der Waals surface area (Å²) in [5.41, 5.74) is -1.18. The maximum absolute atomic E-state index is 14.1. The Morgan fingerprint density at radius 2 is 1.34 bits per heavy atom. The molecule has 0 spiro atoms. The lowest BCUT2D eigenvalue weighted by Gasteiger charge is -2.50. The number of rotatable bonds is 12. The van der Waals surface area contributed by atoms with Gasteiger partial charge >= 0.3 is 35.9 Å². The van der Waals surface area contributed by atoms with Gasteiger partial charge in [-0.05, 0) is 48.5 Å². The molecule has 4 aliphatic rings. The maximum atomic E-state index is 14.1.